The zero-order chi connectivity index (χ0) is 17.5. The molecule has 124 valence electrons. The van der Waals surface area contributed by atoms with Crippen molar-refractivity contribution in [2.75, 3.05) is 5.75 Å². The van der Waals surface area contributed by atoms with E-state index in [-0.39, 0.29) is 11.0 Å². The highest BCUT2D eigenvalue weighted by molar-refractivity contribution is 7.99. The monoisotopic (exact) mass is 338 g/mol. The first-order chi connectivity index (χ1) is 11.3. The van der Waals surface area contributed by atoms with E-state index in [1.54, 1.807) is 6.07 Å². The van der Waals surface area contributed by atoms with E-state index in [2.05, 4.69) is 39.5 Å². The Labute approximate surface area is 147 Å². The maximum Gasteiger partial charge on any atom is 0.335 e. The zero-order valence-electron chi connectivity index (χ0n) is 14.3. The Morgan fingerprint density at radius 1 is 1.25 bits per heavy atom. The third kappa shape index (κ3) is 3.01. The van der Waals surface area contributed by atoms with E-state index < -0.39 is 5.97 Å². The highest BCUT2D eigenvalue weighted by atomic mass is 32.2. The topological polar surface area (TPSA) is 37.3 Å². The van der Waals surface area contributed by atoms with Gasteiger partial charge in [0.25, 0.3) is 0 Å². The zero-order valence-corrected chi connectivity index (χ0v) is 15.2. The van der Waals surface area contributed by atoms with Crippen LogP contribution in [0.5, 0.6) is 0 Å². The Morgan fingerprint density at radius 2 is 2.00 bits per heavy atom. The summed E-state index contributed by atoms with van der Waals surface area (Å²) in [5, 5.41) is 9.18. The summed E-state index contributed by atoms with van der Waals surface area (Å²) >= 11 is 1.93. The van der Waals surface area contributed by atoms with Gasteiger partial charge >= 0.3 is 5.97 Å². The Hall–Kier alpha value is -2.00. The Balaban J connectivity index is 2.12. The van der Waals surface area contributed by atoms with Gasteiger partial charge in [-0.05, 0) is 70.5 Å². The number of rotatable bonds is 3. The average Bonchev–Trinajstić information content (AvgIpc) is 2.53. The highest BCUT2D eigenvalue weighted by Gasteiger charge is 2.28. The van der Waals surface area contributed by atoms with E-state index in [0.29, 0.717) is 5.56 Å². The van der Waals surface area contributed by atoms with Crippen molar-refractivity contribution in [1.82, 2.24) is 0 Å². The lowest BCUT2D eigenvalue weighted by molar-refractivity contribution is -0.130. The first-order valence-corrected chi connectivity index (χ1v) is 9.09. The van der Waals surface area contributed by atoms with Gasteiger partial charge in [-0.15, -0.1) is 11.8 Å². The van der Waals surface area contributed by atoms with E-state index in [1.165, 1.54) is 28.0 Å². The molecule has 0 fully saturated rings. The molecule has 0 aromatic heterocycles. The number of fused-ring (bicyclic) bond motifs is 1. The molecule has 0 unspecified atom stereocenters. The number of benzene rings is 2. The summed E-state index contributed by atoms with van der Waals surface area (Å²) in [6, 6.07) is 12.2. The predicted octanol–water partition coefficient (Wildman–Crippen LogP) is 5.53. The largest absolute Gasteiger partial charge is 0.478 e. The standard InChI is InChI=1S/C21H22O2S/c1-13-10-19-18(21(3,4)8-9-24-19)12-17(13)16-7-5-6-15(11-16)14(2)20(22)23/h5-7,10-12H,2,8-9H2,1,3-4H3,(H,22,23). The number of thioether (sulfide) groups is 1. The minimum Gasteiger partial charge on any atom is -0.478 e. The number of carboxylic acid groups (broad SMARTS) is 1. The van der Waals surface area contributed by atoms with Crippen molar-refractivity contribution in [3.05, 3.63) is 59.7 Å². The van der Waals surface area contributed by atoms with Gasteiger partial charge in [-0.3, -0.25) is 0 Å². The van der Waals surface area contributed by atoms with Crippen molar-refractivity contribution in [2.24, 2.45) is 0 Å². The van der Waals surface area contributed by atoms with Crippen LogP contribution in [0.1, 0.15) is 37.0 Å². The van der Waals surface area contributed by atoms with Crippen LogP contribution in [0.3, 0.4) is 0 Å². The molecule has 1 N–H and O–H groups in total. The maximum atomic E-state index is 11.2. The molecule has 1 heterocycles. The second-order valence-corrected chi connectivity index (χ2v) is 8.15. The van der Waals surface area contributed by atoms with Crippen LogP contribution in [0.25, 0.3) is 16.7 Å². The van der Waals surface area contributed by atoms with Gasteiger partial charge in [0.1, 0.15) is 0 Å². The van der Waals surface area contributed by atoms with E-state index in [0.717, 1.165) is 11.3 Å². The second-order valence-electron chi connectivity index (χ2n) is 7.01. The first-order valence-electron chi connectivity index (χ1n) is 8.10. The molecular formula is C21H22O2S. The molecule has 1 aliphatic heterocycles. The van der Waals surface area contributed by atoms with E-state index in [9.17, 15) is 9.90 Å². The van der Waals surface area contributed by atoms with Crippen LogP contribution < -0.4 is 0 Å². The maximum absolute atomic E-state index is 11.2. The fraction of sp³-hybridized carbons (Fsp3) is 0.286. The summed E-state index contributed by atoms with van der Waals surface area (Å²) in [5.74, 6) is 0.180. The summed E-state index contributed by atoms with van der Waals surface area (Å²) < 4.78 is 0. The van der Waals surface area contributed by atoms with Crippen molar-refractivity contribution >= 4 is 23.3 Å². The molecule has 2 aromatic rings. The summed E-state index contributed by atoms with van der Waals surface area (Å²) in [6.45, 7) is 10.4. The van der Waals surface area contributed by atoms with E-state index in [1.807, 2.05) is 30.0 Å². The van der Waals surface area contributed by atoms with Gasteiger partial charge in [-0.1, -0.05) is 38.6 Å². The van der Waals surface area contributed by atoms with Crippen molar-refractivity contribution in [1.29, 1.82) is 0 Å². The lowest BCUT2D eigenvalue weighted by atomic mass is 9.80. The minimum atomic E-state index is -0.980. The number of aliphatic carboxylic acids is 1. The van der Waals surface area contributed by atoms with Crippen molar-refractivity contribution in [3.63, 3.8) is 0 Å². The number of carbonyl (C=O) groups is 1. The molecule has 0 amide bonds. The molecule has 3 rings (SSSR count). The summed E-state index contributed by atoms with van der Waals surface area (Å²) in [6.07, 6.45) is 1.17. The van der Waals surface area contributed by atoms with Gasteiger partial charge in [0, 0.05) is 4.90 Å². The first kappa shape index (κ1) is 16.8. The van der Waals surface area contributed by atoms with Crippen LogP contribution in [0, 0.1) is 6.92 Å². The molecular weight excluding hydrogens is 316 g/mol. The second kappa shape index (κ2) is 6.14. The van der Waals surface area contributed by atoms with Crippen LogP contribution in [-0.4, -0.2) is 16.8 Å². The van der Waals surface area contributed by atoms with Crippen LogP contribution >= 0.6 is 11.8 Å². The summed E-state index contributed by atoms with van der Waals surface area (Å²) in [7, 11) is 0. The number of carboxylic acids is 1. The SMILES string of the molecule is C=C(C(=O)O)c1cccc(-c2cc3c(cc2C)SCCC3(C)C)c1. The minimum absolute atomic E-state index is 0.128. The molecule has 0 atom stereocenters. The van der Waals surface area contributed by atoms with Gasteiger partial charge in [0.05, 0.1) is 5.57 Å². The molecule has 1 aliphatic rings. The Bertz CT molecular complexity index is 834. The third-order valence-electron chi connectivity index (χ3n) is 4.82. The van der Waals surface area contributed by atoms with Crippen molar-refractivity contribution in [3.8, 4) is 11.1 Å². The normalized spacial score (nSPS) is 15.6. The van der Waals surface area contributed by atoms with Crippen LogP contribution in [0.15, 0.2) is 47.9 Å². The van der Waals surface area contributed by atoms with Gasteiger partial charge in [-0.25, -0.2) is 4.79 Å². The van der Waals surface area contributed by atoms with Crippen molar-refractivity contribution < 1.29 is 9.90 Å². The lowest BCUT2D eigenvalue weighted by Gasteiger charge is -2.33. The molecule has 0 bridgehead atoms. The van der Waals surface area contributed by atoms with Gasteiger partial charge < -0.3 is 5.11 Å². The van der Waals surface area contributed by atoms with Gasteiger partial charge in [0.15, 0.2) is 0 Å². The summed E-state index contributed by atoms with van der Waals surface area (Å²) in [5.41, 5.74) is 5.78. The summed E-state index contributed by atoms with van der Waals surface area (Å²) in [4.78, 5) is 12.6. The van der Waals surface area contributed by atoms with Crippen LogP contribution in [0.2, 0.25) is 0 Å². The number of hydrogen-bond donors (Lipinski definition) is 1. The molecule has 0 saturated carbocycles. The van der Waals surface area contributed by atoms with Gasteiger partial charge in [-0.2, -0.15) is 0 Å². The Morgan fingerprint density at radius 3 is 2.71 bits per heavy atom. The number of hydrogen-bond acceptors (Lipinski definition) is 2. The predicted molar refractivity (Wildman–Crippen MR) is 102 cm³/mol. The molecule has 0 spiro atoms. The van der Waals surface area contributed by atoms with Crippen molar-refractivity contribution in [2.45, 2.75) is 37.5 Å². The smallest absolute Gasteiger partial charge is 0.335 e. The quantitative estimate of drug-likeness (QED) is 0.747. The molecule has 0 radical (unpaired) electrons. The molecule has 3 heteroatoms. The fourth-order valence-electron chi connectivity index (χ4n) is 3.19. The van der Waals surface area contributed by atoms with Crippen LogP contribution in [-0.2, 0) is 10.2 Å². The molecule has 0 saturated heterocycles. The third-order valence-corrected chi connectivity index (χ3v) is 5.88. The number of aryl methyl sites for hydroxylation is 1. The molecule has 0 aliphatic carbocycles. The molecule has 2 nitrogen and oxygen atoms in total. The lowest BCUT2D eigenvalue weighted by Crippen LogP contribution is -2.22. The van der Waals surface area contributed by atoms with E-state index in [4.69, 9.17) is 0 Å². The van der Waals surface area contributed by atoms with E-state index >= 15 is 0 Å². The van der Waals surface area contributed by atoms with Crippen LogP contribution in [0.4, 0.5) is 0 Å². The van der Waals surface area contributed by atoms with Gasteiger partial charge in [0.2, 0.25) is 0 Å². The highest BCUT2D eigenvalue weighted by Crippen LogP contribution is 2.44. The Kier molecular flexibility index (Phi) is 4.31. The average molecular weight is 338 g/mol. The molecule has 24 heavy (non-hydrogen) atoms. The molecule has 2 aromatic carbocycles. The fourth-order valence-corrected chi connectivity index (χ4v) is 4.77.